The van der Waals surface area contributed by atoms with E-state index in [9.17, 15) is 10.1 Å². The van der Waals surface area contributed by atoms with Gasteiger partial charge in [0.25, 0.3) is 5.91 Å². The standard InChI is InChI=1S/C24H25ClN6O2/c1-4-33-22-11-17(13-29-21(22)12-26)15(2)31-7-5-18-19(23(31)32)9-16(10-20(18)25)14-30-8-6-28-24(30)27-3/h6,8-11,13,15H,4-5,7,14H2,1-3H3,(H,27,28)/t15-/m0/s1. The Morgan fingerprint density at radius 3 is 2.88 bits per heavy atom. The van der Waals surface area contributed by atoms with Crippen LogP contribution in [0.3, 0.4) is 0 Å². The lowest BCUT2D eigenvalue weighted by atomic mass is 9.94. The number of halogens is 1. The zero-order chi connectivity index (χ0) is 23.5. The van der Waals surface area contributed by atoms with E-state index in [0.29, 0.717) is 42.5 Å². The third-order valence-electron chi connectivity index (χ3n) is 5.87. The van der Waals surface area contributed by atoms with E-state index < -0.39 is 0 Å². The predicted molar refractivity (Wildman–Crippen MR) is 126 cm³/mol. The lowest BCUT2D eigenvalue weighted by Gasteiger charge is -2.34. The molecule has 2 aromatic heterocycles. The van der Waals surface area contributed by atoms with Crippen molar-refractivity contribution in [1.82, 2.24) is 19.4 Å². The van der Waals surface area contributed by atoms with E-state index in [1.807, 2.05) is 54.8 Å². The van der Waals surface area contributed by atoms with Crippen LogP contribution in [0.15, 0.2) is 36.8 Å². The van der Waals surface area contributed by atoms with E-state index in [1.54, 1.807) is 18.5 Å². The molecule has 0 spiro atoms. The molecule has 1 N–H and O–H groups in total. The number of aromatic nitrogens is 3. The van der Waals surface area contributed by atoms with Gasteiger partial charge in [0.1, 0.15) is 6.07 Å². The Kier molecular flexibility index (Phi) is 6.52. The van der Waals surface area contributed by atoms with Gasteiger partial charge in [0.2, 0.25) is 5.95 Å². The molecule has 0 bridgehead atoms. The van der Waals surface area contributed by atoms with Crippen molar-refractivity contribution in [3.8, 4) is 11.8 Å². The summed E-state index contributed by atoms with van der Waals surface area (Å²) in [7, 11) is 1.82. The van der Waals surface area contributed by atoms with Gasteiger partial charge in [-0.1, -0.05) is 11.6 Å². The minimum Gasteiger partial charge on any atom is -0.491 e. The number of imidazole rings is 1. The van der Waals surface area contributed by atoms with Gasteiger partial charge >= 0.3 is 0 Å². The topological polar surface area (TPSA) is 96.1 Å². The molecule has 1 aliphatic rings. The van der Waals surface area contributed by atoms with Gasteiger partial charge in [0.05, 0.1) is 19.2 Å². The minimum absolute atomic E-state index is 0.0747. The second-order valence-electron chi connectivity index (χ2n) is 7.82. The number of carbonyl (C=O) groups excluding carboxylic acids is 1. The van der Waals surface area contributed by atoms with Crippen LogP contribution in [0.4, 0.5) is 5.95 Å². The Morgan fingerprint density at radius 1 is 1.33 bits per heavy atom. The fourth-order valence-corrected chi connectivity index (χ4v) is 4.50. The molecule has 33 heavy (non-hydrogen) atoms. The maximum Gasteiger partial charge on any atom is 0.254 e. The molecule has 4 rings (SSSR count). The van der Waals surface area contributed by atoms with Crippen LogP contribution in [-0.4, -0.2) is 45.5 Å². The molecule has 8 nitrogen and oxygen atoms in total. The van der Waals surface area contributed by atoms with Crippen molar-refractivity contribution in [1.29, 1.82) is 5.26 Å². The molecule has 3 heterocycles. The molecule has 0 aliphatic carbocycles. The summed E-state index contributed by atoms with van der Waals surface area (Å²) in [6.45, 7) is 5.33. The number of rotatable bonds is 7. The van der Waals surface area contributed by atoms with Crippen molar-refractivity contribution in [2.45, 2.75) is 32.9 Å². The second-order valence-corrected chi connectivity index (χ2v) is 8.22. The summed E-state index contributed by atoms with van der Waals surface area (Å²) in [5.74, 6) is 1.10. The highest BCUT2D eigenvalue weighted by atomic mass is 35.5. The molecular formula is C24H25ClN6O2. The molecule has 170 valence electrons. The molecule has 0 saturated heterocycles. The first-order valence-electron chi connectivity index (χ1n) is 10.8. The quantitative estimate of drug-likeness (QED) is 0.566. The average Bonchev–Trinajstić information content (AvgIpc) is 3.26. The van der Waals surface area contributed by atoms with Crippen LogP contribution < -0.4 is 10.1 Å². The number of amides is 1. The van der Waals surface area contributed by atoms with Gasteiger partial charge in [-0.25, -0.2) is 9.97 Å². The molecule has 0 fully saturated rings. The Hall–Kier alpha value is -3.57. The highest BCUT2D eigenvalue weighted by Gasteiger charge is 2.31. The Labute approximate surface area is 197 Å². The summed E-state index contributed by atoms with van der Waals surface area (Å²) in [5, 5.41) is 12.9. The zero-order valence-electron chi connectivity index (χ0n) is 18.8. The van der Waals surface area contributed by atoms with Crippen molar-refractivity contribution in [2.24, 2.45) is 0 Å². The van der Waals surface area contributed by atoms with E-state index in [4.69, 9.17) is 16.3 Å². The Morgan fingerprint density at radius 2 is 2.15 bits per heavy atom. The first-order valence-corrected chi connectivity index (χ1v) is 11.2. The van der Waals surface area contributed by atoms with E-state index in [0.717, 1.165) is 22.6 Å². The fourth-order valence-electron chi connectivity index (χ4n) is 4.17. The number of fused-ring (bicyclic) bond motifs is 1. The molecule has 1 amide bonds. The molecule has 1 aromatic carbocycles. The maximum absolute atomic E-state index is 13.5. The number of carbonyl (C=O) groups is 1. The van der Waals surface area contributed by atoms with Crippen LogP contribution >= 0.6 is 11.6 Å². The third-order valence-corrected chi connectivity index (χ3v) is 6.21. The van der Waals surface area contributed by atoms with Gasteiger partial charge in [-0.3, -0.25) is 4.79 Å². The minimum atomic E-state index is -0.239. The molecular weight excluding hydrogens is 440 g/mol. The predicted octanol–water partition coefficient (Wildman–Crippen LogP) is 4.05. The SMILES string of the molecule is CCOc1cc([C@H](C)N2CCc3c(Cl)cc(Cn4ccnc4NC)cc3C2=O)cnc1C#N. The molecule has 1 aliphatic heterocycles. The largest absolute Gasteiger partial charge is 0.491 e. The Bertz CT molecular complexity index is 1230. The van der Waals surface area contributed by atoms with Crippen molar-refractivity contribution < 1.29 is 9.53 Å². The molecule has 9 heteroatoms. The fraction of sp³-hybridized carbons (Fsp3) is 0.333. The van der Waals surface area contributed by atoms with Crippen LogP contribution in [0.25, 0.3) is 0 Å². The van der Waals surface area contributed by atoms with Gasteiger partial charge in [0.15, 0.2) is 11.4 Å². The average molecular weight is 465 g/mol. The number of pyridine rings is 1. The highest BCUT2D eigenvalue weighted by Crippen LogP contribution is 2.33. The number of hydrogen-bond acceptors (Lipinski definition) is 6. The summed E-state index contributed by atoms with van der Waals surface area (Å²) < 4.78 is 7.53. The number of nitrogens with one attached hydrogen (secondary N) is 1. The summed E-state index contributed by atoms with van der Waals surface area (Å²) in [6, 6.07) is 7.44. The zero-order valence-corrected chi connectivity index (χ0v) is 19.6. The molecule has 0 unspecified atom stereocenters. The van der Waals surface area contributed by atoms with E-state index in [2.05, 4.69) is 15.3 Å². The molecule has 1 atom stereocenters. The lowest BCUT2D eigenvalue weighted by Crippen LogP contribution is -2.39. The van der Waals surface area contributed by atoms with Gasteiger partial charge in [0, 0.05) is 42.8 Å². The van der Waals surface area contributed by atoms with Crippen LogP contribution in [0, 0.1) is 11.3 Å². The summed E-state index contributed by atoms with van der Waals surface area (Å²) in [4.78, 5) is 23.8. The first-order chi connectivity index (χ1) is 16.0. The molecule has 0 saturated carbocycles. The van der Waals surface area contributed by atoms with Crippen molar-refractivity contribution >= 4 is 23.5 Å². The number of nitriles is 1. The number of hydrogen-bond donors (Lipinski definition) is 1. The summed E-state index contributed by atoms with van der Waals surface area (Å²) in [5.41, 5.74) is 3.47. The van der Waals surface area contributed by atoms with Crippen molar-refractivity contribution in [3.63, 3.8) is 0 Å². The van der Waals surface area contributed by atoms with E-state index in [-0.39, 0.29) is 17.6 Å². The highest BCUT2D eigenvalue weighted by molar-refractivity contribution is 6.32. The molecule has 0 radical (unpaired) electrons. The first kappa shape index (κ1) is 22.6. The van der Waals surface area contributed by atoms with Crippen LogP contribution in [0.5, 0.6) is 5.75 Å². The smallest absolute Gasteiger partial charge is 0.254 e. The van der Waals surface area contributed by atoms with Gasteiger partial charge < -0.3 is 19.5 Å². The van der Waals surface area contributed by atoms with Crippen LogP contribution in [0.1, 0.15) is 52.6 Å². The monoisotopic (exact) mass is 464 g/mol. The number of nitrogens with zero attached hydrogens (tertiary/aromatic N) is 5. The third kappa shape index (κ3) is 4.37. The normalized spacial score (nSPS) is 13.9. The van der Waals surface area contributed by atoms with Crippen molar-refractivity contribution in [2.75, 3.05) is 25.5 Å². The lowest BCUT2D eigenvalue weighted by molar-refractivity contribution is 0.0672. The van der Waals surface area contributed by atoms with Gasteiger partial charge in [-0.05, 0) is 55.2 Å². The van der Waals surface area contributed by atoms with E-state index in [1.165, 1.54) is 0 Å². The summed E-state index contributed by atoms with van der Waals surface area (Å²) in [6.07, 6.45) is 5.90. The maximum atomic E-state index is 13.5. The van der Waals surface area contributed by atoms with E-state index >= 15 is 0 Å². The number of ether oxygens (including phenoxy) is 1. The summed E-state index contributed by atoms with van der Waals surface area (Å²) >= 11 is 6.59. The molecule has 3 aromatic rings. The van der Waals surface area contributed by atoms with Crippen molar-refractivity contribution in [3.05, 3.63) is 69.8 Å². The van der Waals surface area contributed by atoms with Crippen LogP contribution in [-0.2, 0) is 13.0 Å². The number of anilines is 1. The number of benzene rings is 1. The van der Waals surface area contributed by atoms with Gasteiger partial charge in [-0.2, -0.15) is 5.26 Å². The Balaban J connectivity index is 1.63. The van der Waals surface area contributed by atoms with Gasteiger partial charge in [-0.15, -0.1) is 0 Å². The van der Waals surface area contributed by atoms with Crippen LogP contribution in [0.2, 0.25) is 5.02 Å². The second kappa shape index (κ2) is 9.51.